The van der Waals surface area contributed by atoms with Crippen molar-refractivity contribution in [3.63, 3.8) is 0 Å². The zero-order valence-electron chi connectivity index (χ0n) is 18.3. The molecule has 0 fully saturated rings. The number of halogens is 1. The molecule has 0 bridgehead atoms. The Morgan fingerprint density at radius 1 is 1.12 bits per heavy atom. The van der Waals surface area contributed by atoms with E-state index in [0.29, 0.717) is 33.3 Å². The van der Waals surface area contributed by atoms with Crippen molar-refractivity contribution >= 4 is 34.8 Å². The minimum atomic E-state index is -0.313. The second kappa shape index (κ2) is 10.9. The monoisotopic (exact) mass is 478 g/mol. The Bertz CT molecular complexity index is 1210. The van der Waals surface area contributed by atoms with Gasteiger partial charge < -0.3 is 15.0 Å². The average molecular weight is 479 g/mol. The molecule has 1 N–H and O–H groups in total. The van der Waals surface area contributed by atoms with E-state index in [1.54, 1.807) is 42.5 Å². The SMILES string of the molecule is C.COc1ccc(NC(=O)c2ccc(C3=NCCN3C)cc2)c(C(=O)Cc2ccc(Cl)cn2)c1. The third kappa shape index (κ3) is 5.61. The molecular formula is C26H27ClN4O3. The average Bonchev–Trinajstić information content (AvgIpc) is 3.26. The molecule has 0 spiro atoms. The van der Waals surface area contributed by atoms with E-state index in [9.17, 15) is 9.59 Å². The van der Waals surface area contributed by atoms with Crippen LogP contribution in [0.3, 0.4) is 0 Å². The lowest BCUT2D eigenvalue weighted by atomic mass is 10.0. The highest BCUT2D eigenvalue weighted by Crippen LogP contribution is 2.25. The molecule has 176 valence electrons. The standard InChI is InChI=1S/C25H23ClN4O3.CH4/c1-30-12-11-27-24(30)16-3-5-17(6-4-16)25(32)29-22-10-9-20(33-2)14-21(22)23(31)13-19-8-7-18(26)15-28-19;/h3-10,14-15H,11-13H2,1-2H3,(H,29,32);1H4. The molecule has 7 nitrogen and oxygen atoms in total. The first-order chi connectivity index (χ1) is 15.9. The van der Waals surface area contributed by atoms with Gasteiger partial charge in [-0.25, -0.2) is 0 Å². The molecule has 1 aromatic heterocycles. The van der Waals surface area contributed by atoms with Gasteiger partial charge in [0.15, 0.2) is 5.78 Å². The Balaban J connectivity index is 0.00000324. The minimum Gasteiger partial charge on any atom is -0.497 e. The Kier molecular flexibility index (Phi) is 8.02. The van der Waals surface area contributed by atoms with Gasteiger partial charge in [0, 0.05) is 42.2 Å². The van der Waals surface area contributed by atoms with E-state index in [2.05, 4.69) is 20.2 Å². The summed E-state index contributed by atoms with van der Waals surface area (Å²) in [5.41, 5.74) is 2.78. The van der Waals surface area contributed by atoms with Gasteiger partial charge in [-0.05, 0) is 42.5 Å². The fourth-order valence-corrected chi connectivity index (χ4v) is 3.68. The van der Waals surface area contributed by atoms with Crippen LogP contribution in [0, 0.1) is 0 Å². The van der Waals surface area contributed by atoms with E-state index in [1.807, 2.05) is 19.2 Å². The molecule has 4 rings (SSSR count). The maximum Gasteiger partial charge on any atom is 0.255 e. The molecule has 1 amide bonds. The smallest absolute Gasteiger partial charge is 0.255 e. The Labute approximate surface area is 204 Å². The predicted octanol–water partition coefficient (Wildman–Crippen LogP) is 4.75. The van der Waals surface area contributed by atoms with Crippen LogP contribution in [-0.2, 0) is 6.42 Å². The number of nitrogens with one attached hydrogen (secondary N) is 1. The predicted molar refractivity (Wildman–Crippen MR) is 135 cm³/mol. The number of aliphatic imine (C=N–C) groups is 1. The van der Waals surface area contributed by atoms with E-state index in [1.165, 1.54) is 13.3 Å². The van der Waals surface area contributed by atoms with Crippen molar-refractivity contribution in [1.29, 1.82) is 0 Å². The number of nitrogens with zero attached hydrogens (tertiary/aromatic N) is 3. The summed E-state index contributed by atoms with van der Waals surface area (Å²) in [5, 5.41) is 3.35. The summed E-state index contributed by atoms with van der Waals surface area (Å²) < 4.78 is 5.27. The molecule has 3 aromatic rings. The molecule has 0 unspecified atom stereocenters. The molecule has 1 aliphatic rings. The number of pyridine rings is 1. The molecule has 1 aliphatic heterocycles. The number of amides is 1. The lowest BCUT2D eigenvalue weighted by Gasteiger charge is -2.14. The van der Waals surface area contributed by atoms with Crippen LogP contribution in [0.25, 0.3) is 0 Å². The van der Waals surface area contributed by atoms with Crippen molar-refractivity contribution in [2.45, 2.75) is 13.8 Å². The van der Waals surface area contributed by atoms with Gasteiger partial charge in [0.25, 0.3) is 5.91 Å². The summed E-state index contributed by atoms with van der Waals surface area (Å²) >= 11 is 5.88. The summed E-state index contributed by atoms with van der Waals surface area (Å²) in [5.74, 6) is 0.927. The number of methoxy groups -OCH3 is 1. The number of Topliss-reactive ketones (excluding diaryl/α,β-unsaturated/α-hetero) is 1. The van der Waals surface area contributed by atoms with Crippen LogP contribution in [0.4, 0.5) is 5.69 Å². The Hall–Kier alpha value is -3.71. The van der Waals surface area contributed by atoms with Crippen LogP contribution in [-0.4, -0.2) is 54.7 Å². The number of likely N-dealkylation sites (N-methyl/N-ethyl adjacent to an activating group) is 1. The third-order valence-corrected chi connectivity index (χ3v) is 5.59. The molecule has 0 saturated carbocycles. The molecule has 0 atom stereocenters. The normalized spacial score (nSPS) is 12.6. The molecule has 2 aromatic carbocycles. The number of carbonyl (C=O) groups excluding carboxylic acids is 2. The van der Waals surface area contributed by atoms with Gasteiger partial charge in [-0.1, -0.05) is 31.2 Å². The quantitative estimate of drug-likeness (QED) is 0.495. The summed E-state index contributed by atoms with van der Waals surface area (Å²) in [6.07, 6.45) is 1.56. The number of amidine groups is 1. The molecule has 8 heteroatoms. The first-order valence-corrected chi connectivity index (χ1v) is 10.8. The number of ketones is 1. The van der Waals surface area contributed by atoms with Crippen LogP contribution in [0.1, 0.15) is 39.4 Å². The molecule has 0 radical (unpaired) electrons. The summed E-state index contributed by atoms with van der Waals surface area (Å²) in [4.78, 5) is 36.7. The molecule has 0 aliphatic carbocycles. The minimum absolute atomic E-state index is 0. The first kappa shape index (κ1) is 24.9. The fourth-order valence-electron chi connectivity index (χ4n) is 3.57. The summed E-state index contributed by atoms with van der Waals surface area (Å²) in [6, 6.07) is 15.6. The van der Waals surface area contributed by atoms with Crippen molar-refractivity contribution in [3.8, 4) is 5.75 Å². The van der Waals surface area contributed by atoms with Crippen molar-refractivity contribution in [3.05, 3.63) is 88.2 Å². The van der Waals surface area contributed by atoms with Gasteiger partial charge >= 0.3 is 0 Å². The topological polar surface area (TPSA) is 83.9 Å². The van der Waals surface area contributed by atoms with Crippen LogP contribution in [0.5, 0.6) is 5.75 Å². The van der Waals surface area contributed by atoms with Crippen LogP contribution in [0.15, 0.2) is 65.8 Å². The number of anilines is 1. The maximum absolute atomic E-state index is 13.0. The van der Waals surface area contributed by atoms with Gasteiger partial charge in [0.1, 0.15) is 11.6 Å². The fraction of sp³-hybridized carbons (Fsp3) is 0.231. The van der Waals surface area contributed by atoms with E-state index in [4.69, 9.17) is 16.3 Å². The Morgan fingerprint density at radius 3 is 2.50 bits per heavy atom. The second-order valence-corrected chi connectivity index (χ2v) is 8.07. The number of hydrogen-bond donors (Lipinski definition) is 1. The number of ether oxygens (including phenoxy) is 1. The van der Waals surface area contributed by atoms with Crippen molar-refractivity contribution in [2.24, 2.45) is 4.99 Å². The van der Waals surface area contributed by atoms with Gasteiger partial charge in [-0.15, -0.1) is 0 Å². The largest absolute Gasteiger partial charge is 0.497 e. The zero-order chi connectivity index (χ0) is 23.4. The van der Waals surface area contributed by atoms with E-state index in [-0.39, 0.29) is 25.5 Å². The third-order valence-electron chi connectivity index (χ3n) is 5.37. The number of carbonyl (C=O) groups is 2. The molecular weight excluding hydrogens is 452 g/mol. The number of benzene rings is 2. The van der Waals surface area contributed by atoms with Crippen LogP contribution in [0.2, 0.25) is 5.02 Å². The molecule has 34 heavy (non-hydrogen) atoms. The lowest BCUT2D eigenvalue weighted by Crippen LogP contribution is -2.23. The number of aromatic nitrogens is 1. The summed E-state index contributed by atoms with van der Waals surface area (Å²) in [6.45, 7) is 1.66. The highest BCUT2D eigenvalue weighted by Gasteiger charge is 2.18. The van der Waals surface area contributed by atoms with E-state index >= 15 is 0 Å². The highest BCUT2D eigenvalue weighted by molar-refractivity contribution is 6.30. The van der Waals surface area contributed by atoms with Gasteiger partial charge in [-0.3, -0.25) is 19.6 Å². The highest BCUT2D eigenvalue weighted by atomic mass is 35.5. The lowest BCUT2D eigenvalue weighted by molar-refractivity contribution is 0.0992. The second-order valence-electron chi connectivity index (χ2n) is 7.64. The zero-order valence-corrected chi connectivity index (χ0v) is 19.1. The van der Waals surface area contributed by atoms with Crippen molar-refractivity contribution in [2.75, 3.05) is 32.6 Å². The number of hydrogen-bond acceptors (Lipinski definition) is 6. The van der Waals surface area contributed by atoms with Crippen LogP contribution >= 0.6 is 11.6 Å². The van der Waals surface area contributed by atoms with Gasteiger partial charge in [-0.2, -0.15) is 0 Å². The van der Waals surface area contributed by atoms with Crippen molar-refractivity contribution in [1.82, 2.24) is 9.88 Å². The first-order valence-electron chi connectivity index (χ1n) is 10.4. The van der Waals surface area contributed by atoms with Gasteiger partial charge in [0.05, 0.1) is 30.8 Å². The van der Waals surface area contributed by atoms with Crippen molar-refractivity contribution < 1.29 is 14.3 Å². The summed E-state index contributed by atoms with van der Waals surface area (Å²) in [7, 11) is 3.52. The van der Waals surface area contributed by atoms with E-state index < -0.39 is 0 Å². The van der Waals surface area contributed by atoms with Gasteiger partial charge in [0.2, 0.25) is 0 Å². The maximum atomic E-state index is 13.0. The number of rotatable bonds is 7. The molecule has 2 heterocycles. The Morgan fingerprint density at radius 2 is 1.88 bits per heavy atom. The van der Waals surface area contributed by atoms with Crippen LogP contribution < -0.4 is 10.1 Å². The van der Waals surface area contributed by atoms with E-state index in [0.717, 1.165) is 24.5 Å². The molecule has 0 saturated heterocycles.